The zero-order valence-electron chi connectivity index (χ0n) is 8.94. The van der Waals surface area contributed by atoms with Gasteiger partial charge >= 0.3 is 0 Å². The van der Waals surface area contributed by atoms with E-state index in [1.165, 1.54) is 5.56 Å². The van der Waals surface area contributed by atoms with Crippen LogP contribution in [0.3, 0.4) is 0 Å². The molecule has 1 aromatic rings. The van der Waals surface area contributed by atoms with E-state index in [9.17, 15) is 0 Å². The molecule has 3 heteroatoms. The zero-order chi connectivity index (χ0) is 10.5. The molecule has 0 aliphatic carbocycles. The van der Waals surface area contributed by atoms with Crippen LogP contribution in [0.1, 0.15) is 12.5 Å². The Balaban J connectivity index is 1.75. The molecule has 0 bridgehead atoms. The van der Waals surface area contributed by atoms with E-state index in [4.69, 9.17) is 14.2 Å². The van der Waals surface area contributed by atoms with E-state index in [2.05, 4.69) is 0 Å². The molecule has 0 saturated carbocycles. The second-order valence-electron chi connectivity index (χ2n) is 3.55. The minimum atomic E-state index is 0.340. The van der Waals surface area contributed by atoms with Crippen LogP contribution in [0.4, 0.5) is 0 Å². The first-order chi connectivity index (χ1) is 7.38. The van der Waals surface area contributed by atoms with E-state index < -0.39 is 0 Å². The molecule has 0 unspecified atom stereocenters. The molecule has 1 heterocycles. The van der Waals surface area contributed by atoms with Gasteiger partial charge in [0.05, 0.1) is 26.4 Å². The van der Waals surface area contributed by atoms with Gasteiger partial charge in [-0.05, 0) is 24.6 Å². The molecular formula is C12H16O3. The highest BCUT2D eigenvalue weighted by Gasteiger charge is 2.22. The highest BCUT2D eigenvalue weighted by atomic mass is 16.6. The van der Waals surface area contributed by atoms with Crippen molar-refractivity contribution >= 4 is 0 Å². The van der Waals surface area contributed by atoms with Gasteiger partial charge in [-0.15, -0.1) is 0 Å². The Kier molecular flexibility index (Phi) is 3.59. The summed E-state index contributed by atoms with van der Waals surface area (Å²) >= 11 is 0. The van der Waals surface area contributed by atoms with E-state index in [0.717, 1.165) is 12.4 Å². The SMILES string of the molecule is CCOc1ccc(COC[C@H]2CO2)cc1. The van der Waals surface area contributed by atoms with Crippen molar-refractivity contribution in [1.82, 2.24) is 0 Å². The van der Waals surface area contributed by atoms with Crippen LogP contribution < -0.4 is 4.74 Å². The summed E-state index contributed by atoms with van der Waals surface area (Å²) in [6.07, 6.45) is 0.340. The van der Waals surface area contributed by atoms with Crippen molar-refractivity contribution in [1.29, 1.82) is 0 Å². The average molecular weight is 208 g/mol. The maximum Gasteiger partial charge on any atom is 0.119 e. The number of ether oxygens (including phenoxy) is 3. The second-order valence-corrected chi connectivity index (χ2v) is 3.55. The minimum Gasteiger partial charge on any atom is -0.494 e. The van der Waals surface area contributed by atoms with Crippen LogP contribution in [0.15, 0.2) is 24.3 Å². The summed E-state index contributed by atoms with van der Waals surface area (Å²) in [4.78, 5) is 0. The molecular weight excluding hydrogens is 192 g/mol. The Bertz CT molecular complexity index is 290. The highest BCUT2D eigenvalue weighted by molar-refractivity contribution is 5.26. The van der Waals surface area contributed by atoms with Crippen LogP contribution >= 0.6 is 0 Å². The first kappa shape index (κ1) is 10.5. The number of epoxide rings is 1. The van der Waals surface area contributed by atoms with Crippen LogP contribution in [0, 0.1) is 0 Å². The number of benzene rings is 1. The van der Waals surface area contributed by atoms with E-state index in [-0.39, 0.29) is 0 Å². The molecule has 1 fully saturated rings. The molecule has 3 nitrogen and oxygen atoms in total. The maximum absolute atomic E-state index is 5.48. The first-order valence-electron chi connectivity index (χ1n) is 5.29. The molecule has 1 saturated heterocycles. The molecule has 0 radical (unpaired) electrons. The van der Waals surface area contributed by atoms with Crippen molar-refractivity contribution in [2.24, 2.45) is 0 Å². The standard InChI is InChI=1S/C12H16O3/c1-2-14-11-5-3-10(4-6-11)7-13-8-12-9-15-12/h3-6,12H,2,7-9H2,1H3/t12-/m0/s1. The van der Waals surface area contributed by atoms with E-state index in [1.54, 1.807) is 0 Å². The molecule has 15 heavy (non-hydrogen) atoms. The third-order valence-electron chi connectivity index (χ3n) is 2.21. The molecule has 1 aromatic carbocycles. The summed E-state index contributed by atoms with van der Waals surface area (Å²) < 4.78 is 15.9. The lowest BCUT2D eigenvalue weighted by Crippen LogP contribution is -2.01. The molecule has 1 aliphatic rings. The van der Waals surface area contributed by atoms with Gasteiger partial charge in [0, 0.05) is 0 Å². The van der Waals surface area contributed by atoms with Crippen molar-refractivity contribution in [2.75, 3.05) is 19.8 Å². The predicted octanol–water partition coefficient (Wildman–Crippen LogP) is 2.00. The molecule has 1 aliphatic heterocycles. The summed E-state index contributed by atoms with van der Waals surface area (Å²) in [7, 11) is 0. The van der Waals surface area contributed by atoms with Gasteiger partial charge in [0.1, 0.15) is 11.9 Å². The van der Waals surface area contributed by atoms with Gasteiger partial charge in [0.2, 0.25) is 0 Å². The molecule has 1 atom stereocenters. The summed E-state index contributed by atoms with van der Waals surface area (Å²) in [5.41, 5.74) is 1.17. The van der Waals surface area contributed by atoms with E-state index >= 15 is 0 Å². The monoisotopic (exact) mass is 208 g/mol. The van der Waals surface area contributed by atoms with Crippen molar-refractivity contribution in [3.63, 3.8) is 0 Å². The normalized spacial score (nSPS) is 18.9. The highest BCUT2D eigenvalue weighted by Crippen LogP contribution is 2.14. The van der Waals surface area contributed by atoms with E-state index in [1.807, 2.05) is 31.2 Å². The van der Waals surface area contributed by atoms with Gasteiger partial charge in [-0.1, -0.05) is 12.1 Å². The third-order valence-corrected chi connectivity index (χ3v) is 2.21. The van der Waals surface area contributed by atoms with Crippen molar-refractivity contribution in [3.05, 3.63) is 29.8 Å². The largest absolute Gasteiger partial charge is 0.494 e. The smallest absolute Gasteiger partial charge is 0.119 e. The predicted molar refractivity (Wildman–Crippen MR) is 57.0 cm³/mol. The van der Waals surface area contributed by atoms with E-state index in [0.29, 0.717) is 25.9 Å². The Morgan fingerprint density at radius 3 is 2.67 bits per heavy atom. The Morgan fingerprint density at radius 2 is 2.07 bits per heavy atom. The topological polar surface area (TPSA) is 31.0 Å². The Morgan fingerprint density at radius 1 is 1.33 bits per heavy atom. The van der Waals surface area contributed by atoms with Gasteiger partial charge in [-0.3, -0.25) is 0 Å². The second kappa shape index (κ2) is 5.14. The summed E-state index contributed by atoms with van der Waals surface area (Å²) in [5, 5.41) is 0. The fourth-order valence-electron chi connectivity index (χ4n) is 1.32. The van der Waals surface area contributed by atoms with Gasteiger partial charge < -0.3 is 14.2 Å². The quantitative estimate of drug-likeness (QED) is 0.670. The maximum atomic E-state index is 5.48. The van der Waals surface area contributed by atoms with Crippen LogP contribution in [0.2, 0.25) is 0 Å². The average Bonchev–Trinajstić information content (AvgIpc) is 3.05. The summed E-state index contributed by atoms with van der Waals surface area (Å²) in [6.45, 7) is 4.88. The molecule has 0 N–H and O–H groups in total. The molecule has 0 aromatic heterocycles. The van der Waals surface area contributed by atoms with Gasteiger partial charge in [-0.2, -0.15) is 0 Å². The van der Waals surface area contributed by atoms with Gasteiger partial charge in [-0.25, -0.2) is 0 Å². The van der Waals surface area contributed by atoms with Crippen LogP contribution in [-0.2, 0) is 16.1 Å². The fourth-order valence-corrected chi connectivity index (χ4v) is 1.32. The minimum absolute atomic E-state index is 0.340. The zero-order valence-corrected chi connectivity index (χ0v) is 8.94. The molecule has 0 amide bonds. The lowest BCUT2D eigenvalue weighted by molar-refractivity contribution is 0.104. The summed E-state index contributed by atoms with van der Waals surface area (Å²) in [5.74, 6) is 0.909. The fraction of sp³-hybridized carbons (Fsp3) is 0.500. The number of rotatable bonds is 6. The van der Waals surface area contributed by atoms with Crippen molar-refractivity contribution in [2.45, 2.75) is 19.6 Å². The van der Waals surface area contributed by atoms with Crippen molar-refractivity contribution in [3.8, 4) is 5.75 Å². The lowest BCUT2D eigenvalue weighted by Gasteiger charge is -2.05. The van der Waals surface area contributed by atoms with Gasteiger partial charge in [0.15, 0.2) is 0 Å². The van der Waals surface area contributed by atoms with Crippen LogP contribution in [0.5, 0.6) is 5.75 Å². The van der Waals surface area contributed by atoms with Crippen molar-refractivity contribution < 1.29 is 14.2 Å². The lowest BCUT2D eigenvalue weighted by atomic mass is 10.2. The Labute approximate surface area is 90.0 Å². The first-order valence-corrected chi connectivity index (χ1v) is 5.29. The molecule has 2 rings (SSSR count). The molecule has 82 valence electrons. The number of hydrogen-bond acceptors (Lipinski definition) is 3. The van der Waals surface area contributed by atoms with Gasteiger partial charge in [0.25, 0.3) is 0 Å². The molecule has 0 spiro atoms. The third kappa shape index (κ3) is 3.53. The number of hydrogen-bond donors (Lipinski definition) is 0. The Hall–Kier alpha value is -1.06. The van der Waals surface area contributed by atoms with Crippen LogP contribution in [0.25, 0.3) is 0 Å². The van der Waals surface area contributed by atoms with Crippen LogP contribution in [-0.4, -0.2) is 25.9 Å². The summed E-state index contributed by atoms with van der Waals surface area (Å²) in [6, 6.07) is 7.99.